The van der Waals surface area contributed by atoms with Crippen LogP contribution < -0.4 is 16.0 Å². The molecule has 0 radical (unpaired) electrons. The topological polar surface area (TPSA) is 66.5 Å². The Kier molecular flexibility index (Phi) is 3.46. The molecule has 5 heteroatoms. The van der Waals surface area contributed by atoms with Gasteiger partial charge < -0.3 is 16.0 Å². The van der Waals surface area contributed by atoms with Crippen LogP contribution in [0.1, 0.15) is 18.5 Å². The molecular weight excluding hydrogens is 214 g/mol. The van der Waals surface area contributed by atoms with Crippen LogP contribution in [0.25, 0.3) is 0 Å². The van der Waals surface area contributed by atoms with Gasteiger partial charge in [-0.25, -0.2) is 9.98 Å². The zero-order valence-electron chi connectivity index (χ0n) is 10.3. The van der Waals surface area contributed by atoms with E-state index in [1.807, 2.05) is 37.2 Å². The number of rotatable bonds is 4. The average molecular weight is 233 g/mol. The van der Waals surface area contributed by atoms with Gasteiger partial charge in [0.25, 0.3) is 0 Å². The summed E-state index contributed by atoms with van der Waals surface area (Å²) in [6.07, 6.45) is 2.40. The fourth-order valence-electron chi connectivity index (χ4n) is 1.45. The summed E-state index contributed by atoms with van der Waals surface area (Å²) in [6, 6.07) is 6.46. The maximum Gasteiger partial charge on any atom is 0.189 e. The number of hydrogen-bond acceptors (Lipinski definition) is 3. The molecule has 0 aliphatic heterocycles. The highest BCUT2D eigenvalue weighted by atomic mass is 15.1. The van der Waals surface area contributed by atoms with Crippen molar-refractivity contribution in [1.29, 1.82) is 0 Å². The third-order valence-corrected chi connectivity index (χ3v) is 2.59. The van der Waals surface area contributed by atoms with Gasteiger partial charge in [-0.1, -0.05) is 6.07 Å². The van der Waals surface area contributed by atoms with Crippen molar-refractivity contribution in [2.45, 2.75) is 25.4 Å². The smallest absolute Gasteiger partial charge is 0.189 e. The summed E-state index contributed by atoms with van der Waals surface area (Å²) in [5.41, 5.74) is 6.69. The van der Waals surface area contributed by atoms with Gasteiger partial charge in [0.05, 0.1) is 12.2 Å². The first kappa shape index (κ1) is 11.7. The molecule has 3 N–H and O–H groups in total. The number of hydrogen-bond donors (Lipinski definition) is 2. The Morgan fingerprint density at radius 1 is 1.53 bits per heavy atom. The number of pyridine rings is 1. The molecule has 1 fully saturated rings. The Morgan fingerprint density at radius 3 is 2.94 bits per heavy atom. The maximum absolute atomic E-state index is 5.76. The summed E-state index contributed by atoms with van der Waals surface area (Å²) >= 11 is 0. The van der Waals surface area contributed by atoms with Crippen molar-refractivity contribution in [2.24, 2.45) is 10.7 Å². The number of nitrogens with one attached hydrogen (secondary N) is 1. The molecule has 17 heavy (non-hydrogen) atoms. The van der Waals surface area contributed by atoms with E-state index in [1.165, 1.54) is 12.8 Å². The summed E-state index contributed by atoms with van der Waals surface area (Å²) in [5.74, 6) is 1.45. The van der Waals surface area contributed by atoms with E-state index in [4.69, 9.17) is 5.73 Å². The minimum atomic E-state index is 0.518. The standard InChI is InChI=1S/C12H19N5/c1-17(2)11-5-3-4-10(15-11)8-14-12(13)16-9-6-7-9/h3-5,9H,6-8H2,1-2H3,(H3,13,14,16). The van der Waals surface area contributed by atoms with Gasteiger partial charge >= 0.3 is 0 Å². The van der Waals surface area contributed by atoms with Gasteiger partial charge in [-0.2, -0.15) is 0 Å². The number of aromatic nitrogens is 1. The molecule has 1 aliphatic rings. The molecule has 1 heterocycles. The molecule has 5 nitrogen and oxygen atoms in total. The largest absolute Gasteiger partial charge is 0.370 e. The van der Waals surface area contributed by atoms with E-state index in [0.29, 0.717) is 18.5 Å². The second-order valence-corrected chi connectivity index (χ2v) is 4.50. The Balaban J connectivity index is 1.95. The van der Waals surface area contributed by atoms with Crippen molar-refractivity contribution in [3.05, 3.63) is 23.9 Å². The van der Waals surface area contributed by atoms with Crippen LogP contribution in [0.4, 0.5) is 5.82 Å². The Hall–Kier alpha value is -1.78. The highest BCUT2D eigenvalue weighted by Gasteiger charge is 2.21. The van der Waals surface area contributed by atoms with Crippen LogP contribution in [0.5, 0.6) is 0 Å². The summed E-state index contributed by atoms with van der Waals surface area (Å²) in [4.78, 5) is 10.7. The van der Waals surface area contributed by atoms with Gasteiger partial charge in [0.2, 0.25) is 0 Å². The third kappa shape index (κ3) is 3.62. The molecule has 1 aromatic rings. The fourth-order valence-corrected chi connectivity index (χ4v) is 1.45. The lowest BCUT2D eigenvalue weighted by atomic mass is 10.3. The van der Waals surface area contributed by atoms with Crippen LogP contribution in [0, 0.1) is 0 Å². The Labute approximate surface area is 102 Å². The van der Waals surface area contributed by atoms with Gasteiger partial charge in [0.1, 0.15) is 5.82 Å². The first-order chi connectivity index (χ1) is 8.15. The van der Waals surface area contributed by atoms with Crippen molar-refractivity contribution in [3.8, 4) is 0 Å². The summed E-state index contributed by atoms with van der Waals surface area (Å²) in [5, 5.41) is 3.15. The van der Waals surface area contributed by atoms with Crippen LogP contribution in [0.3, 0.4) is 0 Å². The molecule has 0 atom stereocenters. The number of nitrogens with two attached hydrogens (primary N) is 1. The Bertz CT molecular complexity index is 409. The molecule has 0 amide bonds. The van der Waals surface area contributed by atoms with Crippen molar-refractivity contribution in [2.75, 3.05) is 19.0 Å². The predicted octanol–water partition coefficient (Wildman–Crippen LogP) is 0.714. The summed E-state index contributed by atoms with van der Waals surface area (Å²) in [6.45, 7) is 0.521. The highest BCUT2D eigenvalue weighted by molar-refractivity contribution is 5.78. The van der Waals surface area contributed by atoms with Crippen molar-refractivity contribution >= 4 is 11.8 Å². The molecule has 0 saturated heterocycles. The molecular formula is C12H19N5. The van der Waals surface area contributed by atoms with Gasteiger partial charge in [-0.05, 0) is 25.0 Å². The predicted molar refractivity (Wildman–Crippen MR) is 70.0 cm³/mol. The first-order valence-electron chi connectivity index (χ1n) is 5.85. The maximum atomic E-state index is 5.76. The molecule has 1 saturated carbocycles. The second-order valence-electron chi connectivity index (χ2n) is 4.50. The summed E-state index contributed by atoms with van der Waals surface area (Å²) < 4.78 is 0. The number of aliphatic imine (C=N–C) groups is 1. The normalized spacial score (nSPS) is 15.8. The zero-order valence-corrected chi connectivity index (χ0v) is 10.3. The molecule has 1 aliphatic carbocycles. The molecule has 92 valence electrons. The third-order valence-electron chi connectivity index (χ3n) is 2.59. The lowest BCUT2D eigenvalue weighted by molar-refractivity contribution is 0.870. The molecule has 2 rings (SSSR count). The Morgan fingerprint density at radius 2 is 2.29 bits per heavy atom. The zero-order chi connectivity index (χ0) is 12.3. The molecule has 0 bridgehead atoms. The highest BCUT2D eigenvalue weighted by Crippen LogP contribution is 2.18. The van der Waals surface area contributed by atoms with Crippen molar-refractivity contribution in [1.82, 2.24) is 10.3 Å². The number of anilines is 1. The van der Waals surface area contributed by atoms with E-state index < -0.39 is 0 Å². The van der Waals surface area contributed by atoms with E-state index >= 15 is 0 Å². The van der Waals surface area contributed by atoms with Crippen molar-refractivity contribution in [3.63, 3.8) is 0 Å². The van der Waals surface area contributed by atoms with E-state index in [0.717, 1.165) is 11.5 Å². The van der Waals surface area contributed by atoms with Crippen molar-refractivity contribution < 1.29 is 0 Å². The van der Waals surface area contributed by atoms with E-state index in [9.17, 15) is 0 Å². The lowest BCUT2D eigenvalue weighted by Gasteiger charge is -2.11. The van der Waals surface area contributed by atoms with Gasteiger partial charge in [-0.3, -0.25) is 0 Å². The number of guanidine groups is 1. The SMILES string of the molecule is CN(C)c1cccc(CN=C(N)NC2CC2)n1. The first-order valence-corrected chi connectivity index (χ1v) is 5.85. The van der Waals surface area contributed by atoms with Gasteiger partial charge in [-0.15, -0.1) is 0 Å². The minimum Gasteiger partial charge on any atom is -0.370 e. The molecule has 0 spiro atoms. The fraction of sp³-hybridized carbons (Fsp3) is 0.500. The van der Waals surface area contributed by atoms with Crippen LogP contribution >= 0.6 is 0 Å². The van der Waals surface area contributed by atoms with Crippen LogP contribution in [-0.4, -0.2) is 31.1 Å². The average Bonchev–Trinajstić information content (AvgIpc) is 3.11. The lowest BCUT2D eigenvalue weighted by Crippen LogP contribution is -2.33. The monoisotopic (exact) mass is 233 g/mol. The van der Waals surface area contributed by atoms with Crippen LogP contribution in [0.2, 0.25) is 0 Å². The number of nitrogens with zero attached hydrogens (tertiary/aromatic N) is 3. The van der Waals surface area contributed by atoms with E-state index in [1.54, 1.807) is 0 Å². The van der Waals surface area contributed by atoms with Gasteiger partial charge in [0.15, 0.2) is 5.96 Å². The van der Waals surface area contributed by atoms with Crippen LogP contribution in [0.15, 0.2) is 23.2 Å². The van der Waals surface area contributed by atoms with Gasteiger partial charge in [0, 0.05) is 20.1 Å². The van der Waals surface area contributed by atoms with E-state index in [2.05, 4.69) is 15.3 Å². The summed E-state index contributed by atoms with van der Waals surface area (Å²) in [7, 11) is 3.94. The van der Waals surface area contributed by atoms with E-state index in [-0.39, 0.29) is 0 Å². The molecule has 0 unspecified atom stereocenters. The van der Waals surface area contributed by atoms with Crippen LogP contribution in [-0.2, 0) is 6.54 Å². The molecule has 0 aromatic carbocycles. The second kappa shape index (κ2) is 5.03. The quantitative estimate of drug-likeness (QED) is 0.594. The molecule has 1 aromatic heterocycles. The minimum absolute atomic E-state index is 0.518.